The lowest BCUT2D eigenvalue weighted by Gasteiger charge is -2.28. The van der Waals surface area contributed by atoms with Crippen LogP contribution in [0.4, 0.5) is 0 Å². The molecule has 1 aliphatic heterocycles. The van der Waals surface area contributed by atoms with E-state index < -0.39 is 0 Å². The lowest BCUT2D eigenvalue weighted by molar-refractivity contribution is 0.176. The Morgan fingerprint density at radius 1 is 1.08 bits per heavy atom. The number of rotatable bonds is 5. The molecule has 4 rings (SSSR count). The molecular formula is C20H29N5. The van der Waals surface area contributed by atoms with Crippen LogP contribution in [-0.2, 0) is 20.1 Å². The maximum atomic E-state index is 4.81. The minimum Gasteiger partial charge on any atom is -0.297 e. The monoisotopic (exact) mass is 339 g/mol. The predicted molar refractivity (Wildman–Crippen MR) is 99.2 cm³/mol. The van der Waals surface area contributed by atoms with E-state index in [1.54, 1.807) is 0 Å². The standard InChI is InChI=1S/C20H29N5/c1-16-13-24(14-17-7-4-3-5-8-17)11-6-12-25(16)15-19-21-20(18-9-10-18)22-23(19)2/h3-5,7-8,16,18H,6,9-15H2,1-2H3. The van der Waals surface area contributed by atoms with Gasteiger partial charge in [-0.15, -0.1) is 0 Å². The fourth-order valence-corrected chi connectivity index (χ4v) is 3.79. The molecule has 0 bridgehead atoms. The minimum absolute atomic E-state index is 0.535. The molecule has 2 aliphatic rings. The van der Waals surface area contributed by atoms with E-state index in [9.17, 15) is 0 Å². The van der Waals surface area contributed by atoms with Gasteiger partial charge in [0, 0.05) is 38.6 Å². The van der Waals surface area contributed by atoms with Crippen molar-refractivity contribution in [2.45, 2.75) is 51.2 Å². The average molecular weight is 339 g/mol. The van der Waals surface area contributed by atoms with E-state index in [4.69, 9.17) is 4.98 Å². The summed E-state index contributed by atoms with van der Waals surface area (Å²) in [5.41, 5.74) is 1.41. The van der Waals surface area contributed by atoms with Crippen molar-refractivity contribution in [3.8, 4) is 0 Å². The molecule has 5 heteroatoms. The van der Waals surface area contributed by atoms with Gasteiger partial charge in [0.2, 0.25) is 0 Å². The van der Waals surface area contributed by atoms with Crippen molar-refractivity contribution >= 4 is 0 Å². The van der Waals surface area contributed by atoms with Crippen molar-refractivity contribution in [1.82, 2.24) is 24.6 Å². The molecule has 1 saturated heterocycles. The second-order valence-corrected chi connectivity index (χ2v) is 7.68. The van der Waals surface area contributed by atoms with Gasteiger partial charge in [0.1, 0.15) is 5.82 Å². The van der Waals surface area contributed by atoms with Crippen molar-refractivity contribution in [3.05, 3.63) is 47.5 Å². The molecule has 2 heterocycles. The summed E-state index contributed by atoms with van der Waals surface area (Å²) in [7, 11) is 2.04. The molecule has 5 nitrogen and oxygen atoms in total. The third-order valence-electron chi connectivity index (χ3n) is 5.47. The Hall–Kier alpha value is -1.72. The lowest BCUT2D eigenvalue weighted by atomic mass is 10.2. The van der Waals surface area contributed by atoms with E-state index in [0.29, 0.717) is 12.0 Å². The van der Waals surface area contributed by atoms with Crippen LogP contribution >= 0.6 is 0 Å². The van der Waals surface area contributed by atoms with Crippen LogP contribution in [0.2, 0.25) is 0 Å². The summed E-state index contributed by atoms with van der Waals surface area (Å²) in [6.07, 6.45) is 3.74. The number of aromatic nitrogens is 3. The zero-order chi connectivity index (χ0) is 17.2. The van der Waals surface area contributed by atoms with Gasteiger partial charge in [-0.25, -0.2) is 4.98 Å². The number of hydrogen-bond acceptors (Lipinski definition) is 4. The van der Waals surface area contributed by atoms with Gasteiger partial charge in [0.15, 0.2) is 5.82 Å². The quantitative estimate of drug-likeness (QED) is 0.839. The molecule has 1 aromatic carbocycles. The van der Waals surface area contributed by atoms with E-state index >= 15 is 0 Å². The summed E-state index contributed by atoms with van der Waals surface area (Å²) in [6.45, 7) is 7.73. The first-order valence-electron chi connectivity index (χ1n) is 9.59. The third-order valence-corrected chi connectivity index (χ3v) is 5.47. The maximum absolute atomic E-state index is 4.81. The molecule has 134 valence electrons. The summed E-state index contributed by atoms with van der Waals surface area (Å²) < 4.78 is 1.99. The minimum atomic E-state index is 0.535. The Labute approximate surface area is 150 Å². The van der Waals surface area contributed by atoms with Crippen molar-refractivity contribution in [2.24, 2.45) is 7.05 Å². The zero-order valence-corrected chi connectivity index (χ0v) is 15.4. The van der Waals surface area contributed by atoms with Crippen LogP contribution in [0.25, 0.3) is 0 Å². The largest absolute Gasteiger partial charge is 0.297 e. The second kappa shape index (κ2) is 7.26. The van der Waals surface area contributed by atoms with E-state index in [1.165, 1.54) is 31.4 Å². The Balaban J connectivity index is 1.38. The summed E-state index contributed by atoms with van der Waals surface area (Å²) >= 11 is 0. The van der Waals surface area contributed by atoms with Gasteiger partial charge in [0.05, 0.1) is 6.54 Å². The topological polar surface area (TPSA) is 37.2 Å². The van der Waals surface area contributed by atoms with Crippen molar-refractivity contribution in [3.63, 3.8) is 0 Å². The van der Waals surface area contributed by atoms with Crippen molar-refractivity contribution in [2.75, 3.05) is 19.6 Å². The predicted octanol–water partition coefficient (Wildman–Crippen LogP) is 2.79. The van der Waals surface area contributed by atoms with E-state index in [0.717, 1.165) is 37.8 Å². The highest BCUT2D eigenvalue weighted by Gasteiger charge is 2.29. The van der Waals surface area contributed by atoms with Crippen molar-refractivity contribution in [1.29, 1.82) is 0 Å². The van der Waals surface area contributed by atoms with Crippen LogP contribution in [0.5, 0.6) is 0 Å². The van der Waals surface area contributed by atoms with E-state index in [1.807, 2.05) is 11.7 Å². The van der Waals surface area contributed by atoms with E-state index in [2.05, 4.69) is 52.2 Å². The normalized spacial score (nSPS) is 22.9. The molecule has 1 aliphatic carbocycles. The van der Waals surface area contributed by atoms with Gasteiger partial charge >= 0.3 is 0 Å². The Morgan fingerprint density at radius 2 is 1.88 bits per heavy atom. The highest BCUT2D eigenvalue weighted by atomic mass is 15.4. The molecule has 1 saturated carbocycles. The van der Waals surface area contributed by atoms with Gasteiger partial charge in [-0.1, -0.05) is 30.3 Å². The van der Waals surface area contributed by atoms with Crippen LogP contribution in [0.15, 0.2) is 30.3 Å². The molecule has 1 aromatic heterocycles. The summed E-state index contributed by atoms with van der Waals surface area (Å²) in [6, 6.07) is 11.3. The van der Waals surface area contributed by atoms with E-state index in [-0.39, 0.29) is 0 Å². The summed E-state index contributed by atoms with van der Waals surface area (Å²) in [5, 5.41) is 4.63. The number of benzene rings is 1. The van der Waals surface area contributed by atoms with Gasteiger partial charge in [-0.05, 0) is 38.3 Å². The summed E-state index contributed by atoms with van der Waals surface area (Å²) in [4.78, 5) is 9.98. The highest BCUT2D eigenvalue weighted by Crippen LogP contribution is 2.38. The van der Waals surface area contributed by atoms with Crippen LogP contribution in [0.1, 0.15) is 49.3 Å². The Morgan fingerprint density at radius 3 is 2.64 bits per heavy atom. The fourth-order valence-electron chi connectivity index (χ4n) is 3.79. The number of hydrogen-bond donors (Lipinski definition) is 0. The molecule has 2 fully saturated rings. The molecule has 2 aromatic rings. The second-order valence-electron chi connectivity index (χ2n) is 7.68. The first kappa shape index (κ1) is 16.7. The molecular weight excluding hydrogens is 310 g/mol. The maximum Gasteiger partial charge on any atom is 0.154 e. The zero-order valence-electron chi connectivity index (χ0n) is 15.4. The first-order chi connectivity index (χ1) is 12.2. The molecule has 0 amide bonds. The van der Waals surface area contributed by atoms with Gasteiger partial charge in [0.25, 0.3) is 0 Å². The molecule has 0 spiro atoms. The van der Waals surface area contributed by atoms with Crippen molar-refractivity contribution < 1.29 is 0 Å². The van der Waals surface area contributed by atoms with Gasteiger partial charge in [-0.2, -0.15) is 5.10 Å². The molecule has 1 unspecified atom stereocenters. The Bertz CT molecular complexity index is 691. The SMILES string of the molecule is CC1CN(Cc2ccccc2)CCCN1Cc1nc(C2CC2)nn1C. The Kier molecular flexibility index (Phi) is 4.86. The summed E-state index contributed by atoms with van der Waals surface area (Å²) in [5.74, 6) is 2.80. The first-order valence-corrected chi connectivity index (χ1v) is 9.59. The van der Waals surface area contributed by atoms with Crippen LogP contribution < -0.4 is 0 Å². The third kappa shape index (κ3) is 4.10. The molecule has 1 atom stereocenters. The molecule has 0 N–H and O–H groups in total. The smallest absolute Gasteiger partial charge is 0.154 e. The highest BCUT2D eigenvalue weighted by molar-refractivity contribution is 5.14. The average Bonchev–Trinajstić information content (AvgIpc) is 3.40. The fraction of sp³-hybridized carbons (Fsp3) is 0.600. The van der Waals surface area contributed by atoms with Crippen LogP contribution in [0, 0.1) is 0 Å². The number of aryl methyl sites for hydroxylation is 1. The van der Waals surface area contributed by atoms with Crippen LogP contribution in [-0.4, -0.2) is 50.2 Å². The van der Waals surface area contributed by atoms with Crippen LogP contribution in [0.3, 0.4) is 0 Å². The molecule has 25 heavy (non-hydrogen) atoms. The molecule has 0 radical (unpaired) electrons. The van der Waals surface area contributed by atoms with Gasteiger partial charge < -0.3 is 0 Å². The lowest BCUT2D eigenvalue weighted by Crippen LogP contribution is -2.38. The number of nitrogens with zero attached hydrogens (tertiary/aromatic N) is 5. The van der Waals surface area contributed by atoms with Gasteiger partial charge in [-0.3, -0.25) is 14.5 Å².